The van der Waals surface area contributed by atoms with E-state index in [4.69, 9.17) is 5.73 Å². The van der Waals surface area contributed by atoms with Crippen molar-refractivity contribution in [2.24, 2.45) is 10.7 Å². The molecular weight excluding hydrogens is 386 g/mol. The number of carbonyl (C=O) groups is 1. The first-order valence-electron chi connectivity index (χ1n) is 12.8. The summed E-state index contributed by atoms with van der Waals surface area (Å²) in [5.41, 5.74) is 6.08. The highest BCUT2D eigenvalue weighted by Gasteiger charge is 2.38. The Morgan fingerprint density at radius 2 is 1.48 bits per heavy atom. The smallest absolute Gasteiger partial charge is 0.209 e. The number of unbranched alkanes of at least 4 members (excludes halogenated alkanes) is 13. The molecule has 0 spiro atoms. The van der Waals surface area contributed by atoms with E-state index in [-0.39, 0.29) is 17.2 Å². The second kappa shape index (κ2) is 17.1. The molecule has 1 aliphatic heterocycles. The van der Waals surface area contributed by atoms with Gasteiger partial charge in [0.25, 0.3) is 0 Å². The molecule has 1 rings (SSSR count). The van der Waals surface area contributed by atoms with Crippen LogP contribution in [0.2, 0.25) is 0 Å². The molecule has 178 valence electrons. The zero-order chi connectivity index (χ0) is 22.8. The molecule has 0 saturated carbocycles. The van der Waals surface area contributed by atoms with Gasteiger partial charge in [-0.25, -0.2) is 9.48 Å². The highest BCUT2D eigenvalue weighted by atomic mass is 16.4. The van der Waals surface area contributed by atoms with Crippen LogP contribution in [-0.2, 0) is 4.79 Å². The Bertz CT molecular complexity index is 569. The maximum absolute atomic E-state index is 11.2. The fraction of sp³-hybridized carbons (Fsp3) is 0.769. The molecular formula is C26H47N3O2. The summed E-state index contributed by atoms with van der Waals surface area (Å²) in [4.78, 5) is 15.6. The third-order valence-electron chi connectivity index (χ3n) is 6.32. The molecule has 0 aromatic heterocycles. The van der Waals surface area contributed by atoms with Gasteiger partial charge in [-0.1, -0.05) is 83.3 Å². The fourth-order valence-corrected chi connectivity index (χ4v) is 4.28. The average Bonchev–Trinajstić information content (AvgIpc) is 3.13. The zero-order valence-electron chi connectivity index (χ0n) is 20.2. The van der Waals surface area contributed by atoms with Crippen LogP contribution in [0.5, 0.6) is 0 Å². The molecule has 0 amide bonds. The van der Waals surface area contributed by atoms with Gasteiger partial charge >= 0.3 is 0 Å². The maximum atomic E-state index is 11.2. The van der Waals surface area contributed by atoms with Crippen LogP contribution < -0.4 is 10.8 Å². The summed E-state index contributed by atoms with van der Waals surface area (Å²) in [5, 5.41) is 11.2. The number of hydrogen-bond acceptors (Lipinski definition) is 4. The first kappa shape index (κ1) is 27.6. The largest absolute Gasteiger partial charge is 0.544 e. The van der Waals surface area contributed by atoms with Crippen LogP contribution in [0.1, 0.15) is 117 Å². The summed E-state index contributed by atoms with van der Waals surface area (Å²) < 4.78 is 0.105. The predicted octanol–water partition coefficient (Wildman–Crippen LogP) is 5.56. The molecule has 31 heavy (non-hydrogen) atoms. The maximum Gasteiger partial charge on any atom is 0.209 e. The Hall–Kier alpha value is -1.46. The van der Waals surface area contributed by atoms with E-state index in [0.29, 0.717) is 0 Å². The second-order valence-electron chi connectivity index (χ2n) is 9.09. The van der Waals surface area contributed by atoms with Gasteiger partial charge in [-0.3, -0.25) is 5.73 Å². The molecule has 0 aromatic rings. The lowest BCUT2D eigenvalue weighted by atomic mass is 10.1. The van der Waals surface area contributed by atoms with E-state index in [9.17, 15) is 9.90 Å². The molecule has 5 heteroatoms. The number of hydrogen-bond donors (Lipinski definition) is 1. The van der Waals surface area contributed by atoms with Gasteiger partial charge in [-0.15, -0.1) is 0 Å². The minimum atomic E-state index is -1.09. The molecule has 0 radical (unpaired) electrons. The van der Waals surface area contributed by atoms with Crippen molar-refractivity contribution in [3.63, 3.8) is 0 Å². The molecule has 0 bridgehead atoms. The van der Waals surface area contributed by atoms with Gasteiger partial charge in [0.15, 0.2) is 0 Å². The monoisotopic (exact) mass is 433 g/mol. The van der Waals surface area contributed by atoms with Crippen LogP contribution in [0.25, 0.3) is 0 Å². The third-order valence-corrected chi connectivity index (χ3v) is 6.32. The highest BCUT2D eigenvalue weighted by Crippen LogP contribution is 2.23. The van der Waals surface area contributed by atoms with E-state index in [1.54, 1.807) is 12.4 Å². The van der Waals surface area contributed by atoms with Crippen LogP contribution in [0.3, 0.4) is 0 Å². The molecule has 0 saturated heterocycles. The number of aliphatic carboxylic acids is 1. The Morgan fingerprint density at radius 1 is 0.968 bits per heavy atom. The van der Waals surface area contributed by atoms with E-state index in [1.807, 2.05) is 6.92 Å². The molecule has 5 nitrogen and oxygen atoms in total. The molecule has 0 aromatic carbocycles. The van der Waals surface area contributed by atoms with E-state index < -0.39 is 5.97 Å². The molecule has 2 atom stereocenters. The average molecular weight is 434 g/mol. The SMILES string of the molecule is CCCCCCCCC/C=C/CCCCCCCCC1=NC=C[N+]1(CC(=O)[O-])C(C)N. The number of quaternary nitrogens is 1. The lowest BCUT2D eigenvalue weighted by Crippen LogP contribution is -2.60. The van der Waals surface area contributed by atoms with Crippen molar-refractivity contribution in [1.82, 2.24) is 0 Å². The lowest BCUT2D eigenvalue weighted by molar-refractivity contribution is -0.808. The first-order valence-corrected chi connectivity index (χ1v) is 12.8. The number of nitrogens with zero attached hydrogens (tertiary/aromatic N) is 2. The molecule has 0 aliphatic carbocycles. The van der Waals surface area contributed by atoms with Crippen LogP contribution in [0, 0.1) is 0 Å². The van der Waals surface area contributed by atoms with Gasteiger partial charge in [-0.05, 0) is 32.1 Å². The van der Waals surface area contributed by atoms with Gasteiger partial charge < -0.3 is 9.90 Å². The molecule has 0 fully saturated rings. The van der Waals surface area contributed by atoms with Gasteiger partial charge in [0.05, 0.1) is 12.2 Å². The summed E-state index contributed by atoms with van der Waals surface area (Å²) in [6.45, 7) is 3.96. The van der Waals surface area contributed by atoms with E-state index in [2.05, 4.69) is 24.1 Å². The van der Waals surface area contributed by atoms with Gasteiger partial charge in [0.2, 0.25) is 5.84 Å². The zero-order valence-corrected chi connectivity index (χ0v) is 20.2. The standard InChI is InChI=1S/C26H47N3O2/c1-3-4-5-6-7-8-9-10-11-12-13-14-15-16-17-18-19-20-25-28-21-22-29(25,24(2)27)23-26(30)31/h11-12,21-22,24H,3-10,13-20,23,27H2,1-2H3/b12-11+. The van der Waals surface area contributed by atoms with E-state index in [0.717, 1.165) is 25.1 Å². The van der Waals surface area contributed by atoms with Crippen LogP contribution in [0.15, 0.2) is 29.5 Å². The minimum Gasteiger partial charge on any atom is -0.544 e. The number of aliphatic imine (C=N–C) groups is 1. The van der Waals surface area contributed by atoms with Crippen molar-refractivity contribution in [2.75, 3.05) is 6.54 Å². The van der Waals surface area contributed by atoms with Gasteiger partial charge in [0.1, 0.15) is 18.9 Å². The van der Waals surface area contributed by atoms with Crippen LogP contribution in [0.4, 0.5) is 0 Å². The molecule has 1 aliphatic rings. The predicted molar refractivity (Wildman–Crippen MR) is 129 cm³/mol. The Morgan fingerprint density at radius 3 is 2.00 bits per heavy atom. The number of carboxylic acid groups (broad SMARTS) is 1. The number of carbonyl (C=O) groups excluding carboxylic acids is 1. The summed E-state index contributed by atoms with van der Waals surface area (Å²) in [7, 11) is 0. The number of nitrogens with two attached hydrogens (primary N) is 1. The molecule has 1 heterocycles. The van der Waals surface area contributed by atoms with Gasteiger partial charge in [0, 0.05) is 13.3 Å². The minimum absolute atomic E-state index is 0.105. The fourth-order valence-electron chi connectivity index (χ4n) is 4.28. The summed E-state index contributed by atoms with van der Waals surface area (Å²) in [6, 6.07) is 0. The number of amidine groups is 1. The van der Waals surface area contributed by atoms with Crippen molar-refractivity contribution in [3.05, 3.63) is 24.6 Å². The van der Waals surface area contributed by atoms with Crippen molar-refractivity contribution >= 4 is 11.8 Å². The number of rotatable bonds is 20. The van der Waals surface area contributed by atoms with Crippen molar-refractivity contribution < 1.29 is 14.4 Å². The summed E-state index contributed by atoms with van der Waals surface area (Å²) in [6.07, 6.45) is 28.0. The molecule has 2 N–H and O–H groups in total. The lowest BCUT2D eigenvalue weighted by Gasteiger charge is -2.36. The normalized spacial score (nSPS) is 19.3. The van der Waals surface area contributed by atoms with Crippen molar-refractivity contribution in [3.8, 4) is 0 Å². The second-order valence-corrected chi connectivity index (χ2v) is 9.09. The molecule has 2 unspecified atom stereocenters. The van der Waals surface area contributed by atoms with Crippen molar-refractivity contribution in [2.45, 2.75) is 123 Å². The van der Waals surface area contributed by atoms with Gasteiger partial charge in [-0.2, -0.15) is 0 Å². The first-order chi connectivity index (χ1) is 15.0. The quantitative estimate of drug-likeness (QED) is 0.155. The summed E-state index contributed by atoms with van der Waals surface area (Å²) in [5.74, 6) is -0.238. The van der Waals surface area contributed by atoms with E-state index >= 15 is 0 Å². The summed E-state index contributed by atoms with van der Waals surface area (Å²) >= 11 is 0. The highest BCUT2D eigenvalue weighted by molar-refractivity contribution is 5.81. The van der Waals surface area contributed by atoms with E-state index in [1.165, 1.54) is 83.5 Å². The van der Waals surface area contributed by atoms with Crippen molar-refractivity contribution in [1.29, 1.82) is 0 Å². The Balaban J connectivity index is 1.99. The third kappa shape index (κ3) is 11.6. The van der Waals surface area contributed by atoms with Crippen LogP contribution >= 0.6 is 0 Å². The number of carboxylic acids is 1. The number of allylic oxidation sites excluding steroid dienone is 2. The Kier molecular flexibility index (Phi) is 15.2. The van der Waals surface area contributed by atoms with Crippen LogP contribution in [-0.4, -0.2) is 29.0 Å². The Labute approximate surface area is 191 Å². The topological polar surface area (TPSA) is 78.5 Å².